The first-order chi connectivity index (χ1) is 17.5. The van der Waals surface area contributed by atoms with E-state index < -0.39 is 0 Å². The monoisotopic (exact) mass is 483 g/mol. The van der Waals surface area contributed by atoms with Gasteiger partial charge in [0, 0.05) is 24.2 Å². The summed E-state index contributed by atoms with van der Waals surface area (Å²) in [6, 6.07) is 29.4. The second-order valence-electron chi connectivity index (χ2n) is 10.5. The van der Waals surface area contributed by atoms with Crippen LogP contribution in [0.15, 0.2) is 84.9 Å². The van der Waals surface area contributed by atoms with Gasteiger partial charge in [-0.3, -0.25) is 4.90 Å². The van der Waals surface area contributed by atoms with Crippen LogP contribution in [0.3, 0.4) is 0 Å². The van der Waals surface area contributed by atoms with E-state index in [4.69, 9.17) is 4.74 Å². The standard InChI is InChI=1S/C31H37N3O2/c1-32(2)31(27-15-8-5-9-16-27)20-18-30(19-21-31)24-33(22-25-12-6-4-7-13-25)29(35)34(30)23-26-14-10-11-17-28(26)36-3/h4-17H,18-24H2,1-3H3/t30-,31-. The van der Waals surface area contributed by atoms with Crippen LogP contribution in [0.2, 0.25) is 0 Å². The van der Waals surface area contributed by atoms with Crippen LogP contribution in [-0.4, -0.2) is 54.0 Å². The lowest BCUT2D eigenvalue weighted by Gasteiger charge is -2.51. The van der Waals surface area contributed by atoms with Crippen molar-refractivity contribution < 1.29 is 9.53 Å². The Kier molecular flexibility index (Phi) is 6.76. The summed E-state index contributed by atoms with van der Waals surface area (Å²) in [4.78, 5) is 20.5. The zero-order chi connectivity index (χ0) is 25.2. The molecule has 1 aliphatic heterocycles. The molecule has 3 aromatic carbocycles. The molecule has 1 saturated carbocycles. The van der Waals surface area contributed by atoms with Crippen molar-refractivity contribution in [3.63, 3.8) is 0 Å². The van der Waals surface area contributed by atoms with Crippen molar-refractivity contribution in [3.05, 3.63) is 102 Å². The van der Waals surface area contributed by atoms with Crippen LogP contribution >= 0.6 is 0 Å². The fourth-order valence-electron chi connectivity index (χ4n) is 6.35. The largest absolute Gasteiger partial charge is 0.496 e. The quantitative estimate of drug-likeness (QED) is 0.420. The molecule has 0 unspecified atom stereocenters. The van der Waals surface area contributed by atoms with Gasteiger partial charge in [-0.2, -0.15) is 0 Å². The topological polar surface area (TPSA) is 36.0 Å². The van der Waals surface area contributed by atoms with Gasteiger partial charge in [-0.15, -0.1) is 0 Å². The minimum atomic E-state index is -0.193. The average Bonchev–Trinajstić information content (AvgIpc) is 3.16. The lowest BCUT2D eigenvalue weighted by molar-refractivity contribution is 0.0219. The number of hydrogen-bond acceptors (Lipinski definition) is 3. The molecule has 1 spiro atoms. The van der Waals surface area contributed by atoms with Crippen molar-refractivity contribution in [2.24, 2.45) is 0 Å². The lowest BCUT2D eigenvalue weighted by atomic mass is 9.68. The first-order valence-electron chi connectivity index (χ1n) is 12.9. The minimum absolute atomic E-state index is 0.0154. The van der Waals surface area contributed by atoms with Gasteiger partial charge in [-0.05, 0) is 57.0 Å². The zero-order valence-corrected chi connectivity index (χ0v) is 21.7. The van der Waals surface area contributed by atoms with Crippen LogP contribution < -0.4 is 4.74 Å². The number of amides is 2. The Bertz CT molecular complexity index is 1170. The highest BCUT2D eigenvalue weighted by atomic mass is 16.5. The van der Waals surface area contributed by atoms with Crippen molar-refractivity contribution in [3.8, 4) is 5.75 Å². The van der Waals surface area contributed by atoms with Gasteiger partial charge >= 0.3 is 6.03 Å². The molecule has 188 valence electrons. The molecule has 0 radical (unpaired) electrons. The summed E-state index contributed by atoms with van der Waals surface area (Å²) in [5, 5.41) is 0. The lowest BCUT2D eigenvalue weighted by Crippen LogP contribution is -2.55. The Morgan fingerprint density at radius 1 is 0.806 bits per heavy atom. The molecule has 0 aromatic heterocycles. The van der Waals surface area contributed by atoms with E-state index in [0.717, 1.165) is 43.5 Å². The molecule has 2 amide bonds. The molecule has 1 heterocycles. The summed E-state index contributed by atoms with van der Waals surface area (Å²) >= 11 is 0. The van der Waals surface area contributed by atoms with Crippen LogP contribution in [0.5, 0.6) is 5.75 Å². The van der Waals surface area contributed by atoms with Gasteiger partial charge in [0.25, 0.3) is 0 Å². The average molecular weight is 484 g/mol. The van der Waals surface area contributed by atoms with Crippen LogP contribution in [0.1, 0.15) is 42.4 Å². The summed E-state index contributed by atoms with van der Waals surface area (Å²) in [7, 11) is 6.09. The van der Waals surface area contributed by atoms with Gasteiger partial charge in [0.15, 0.2) is 0 Å². The maximum atomic E-state index is 14.0. The number of para-hydroxylation sites is 1. The van der Waals surface area contributed by atoms with Gasteiger partial charge in [0.1, 0.15) is 5.75 Å². The second-order valence-corrected chi connectivity index (χ2v) is 10.5. The normalized spacial score (nSPS) is 24.1. The molecule has 0 N–H and O–H groups in total. The smallest absolute Gasteiger partial charge is 0.321 e. The molecule has 1 saturated heterocycles. The minimum Gasteiger partial charge on any atom is -0.496 e. The van der Waals surface area contributed by atoms with Gasteiger partial charge in [-0.1, -0.05) is 78.9 Å². The highest BCUT2D eigenvalue weighted by Gasteiger charge is 2.54. The van der Waals surface area contributed by atoms with Crippen molar-refractivity contribution in [2.75, 3.05) is 27.7 Å². The van der Waals surface area contributed by atoms with Crippen LogP contribution in [0.4, 0.5) is 4.79 Å². The fourth-order valence-corrected chi connectivity index (χ4v) is 6.35. The Labute approximate surface area is 215 Å². The number of ether oxygens (including phenoxy) is 1. The van der Waals surface area contributed by atoms with E-state index in [-0.39, 0.29) is 17.1 Å². The molecule has 2 aliphatic rings. The molecular formula is C31H37N3O2. The van der Waals surface area contributed by atoms with Gasteiger partial charge in [-0.25, -0.2) is 4.79 Å². The molecule has 1 aliphatic carbocycles. The van der Waals surface area contributed by atoms with Gasteiger partial charge in [0.05, 0.1) is 19.2 Å². The van der Waals surface area contributed by atoms with E-state index in [1.54, 1.807) is 7.11 Å². The first-order valence-corrected chi connectivity index (χ1v) is 12.9. The van der Waals surface area contributed by atoms with Crippen molar-refractivity contribution in [2.45, 2.75) is 49.9 Å². The van der Waals surface area contributed by atoms with Crippen molar-refractivity contribution >= 4 is 6.03 Å². The number of nitrogens with zero attached hydrogens (tertiary/aromatic N) is 3. The maximum Gasteiger partial charge on any atom is 0.321 e. The number of urea groups is 1. The summed E-state index contributed by atoms with van der Waals surface area (Å²) in [6.45, 7) is 1.96. The summed E-state index contributed by atoms with van der Waals surface area (Å²) in [6.07, 6.45) is 3.95. The number of hydrogen-bond donors (Lipinski definition) is 0. The van der Waals surface area contributed by atoms with E-state index in [0.29, 0.717) is 13.1 Å². The summed E-state index contributed by atoms with van der Waals surface area (Å²) < 4.78 is 5.65. The Hall–Kier alpha value is -3.31. The summed E-state index contributed by atoms with van der Waals surface area (Å²) in [5.41, 5.74) is 3.38. The third kappa shape index (κ3) is 4.37. The summed E-state index contributed by atoms with van der Waals surface area (Å²) in [5.74, 6) is 0.838. The fraction of sp³-hybridized carbons (Fsp3) is 0.387. The van der Waals surface area contributed by atoms with E-state index in [2.05, 4.69) is 77.3 Å². The first kappa shape index (κ1) is 24.4. The Balaban J connectivity index is 1.47. The molecule has 5 heteroatoms. The molecule has 36 heavy (non-hydrogen) atoms. The number of methoxy groups -OCH3 is 1. The highest BCUT2D eigenvalue weighted by molar-refractivity contribution is 5.78. The third-order valence-electron chi connectivity index (χ3n) is 8.47. The third-order valence-corrected chi connectivity index (χ3v) is 8.47. The predicted molar refractivity (Wildman–Crippen MR) is 144 cm³/mol. The molecule has 0 atom stereocenters. The zero-order valence-electron chi connectivity index (χ0n) is 21.7. The maximum absolute atomic E-state index is 14.0. The van der Waals surface area contributed by atoms with E-state index in [1.807, 2.05) is 36.4 Å². The molecule has 0 bridgehead atoms. The van der Waals surface area contributed by atoms with Crippen LogP contribution in [0.25, 0.3) is 0 Å². The number of rotatable bonds is 7. The van der Waals surface area contributed by atoms with Gasteiger partial charge < -0.3 is 14.5 Å². The second kappa shape index (κ2) is 9.98. The van der Waals surface area contributed by atoms with E-state index in [9.17, 15) is 4.79 Å². The van der Waals surface area contributed by atoms with Crippen LogP contribution in [-0.2, 0) is 18.6 Å². The molecule has 5 nitrogen and oxygen atoms in total. The highest BCUT2D eigenvalue weighted by Crippen LogP contribution is 2.49. The van der Waals surface area contributed by atoms with E-state index >= 15 is 0 Å². The predicted octanol–water partition coefficient (Wildman–Crippen LogP) is 5.90. The molecule has 3 aromatic rings. The SMILES string of the molecule is COc1ccccc1CN1C(=O)N(Cc2ccccc2)C[C@]12CC[C@@](c1ccccc1)(N(C)C)CC2. The number of carbonyl (C=O) groups is 1. The molecule has 2 fully saturated rings. The number of carbonyl (C=O) groups excluding carboxylic acids is 1. The number of benzene rings is 3. The van der Waals surface area contributed by atoms with Crippen LogP contribution in [0, 0.1) is 0 Å². The van der Waals surface area contributed by atoms with Crippen molar-refractivity contribution in [1.82, 2.24) is 14.7 Å². The molecule has 5 rings (SSSR count). The van der Waals surface area contributed by atoms with E-state index in [1.165, 1.54) is 11.1 Å². The molecular weight excluding hydrogens is 446 g/mol. The van der Waals surface area contributed by atoms with Crippen molar-refractivity contribution in [1.29, 1.82) is 0 Å². The Morgan fingerprint density at radius 3 is 2.06 bits per heavy atom. The van der Waals surface area contributed by atoms with Gasteiger partial charge in [0.2, 0.25) is 0 Å². The Morgan fingerprint density at radius 2 is 1.42 bits per heavy atom.